The van der Waals surface area contributed by atoms with Gasteiger partial charge in [0.1, 0.15) is 0 Å². The lowest BCUT2D eigenvalue weighted by Crippen LogP contribution is -2.22. The first-order chi connectivity index (χ1) is 12.6. The second kappa shape index (κ2) is 6.68. The molecule has 0 saturated carbocycles. The summed E-state index contributed by atoms with van der Waals surface area (Å²) in [7, 11) is 0. The summed E-state index contributed by atoms with van der Waals surface area (Å²) in [6, 6.07) is 6.10. The van der Waals surface area contributed by atoms with E-state index in [2.05, 4.69) is 42.0 Å². The largest absolute Gasteiger partial charge is 0.349 e. The average molecular weight is 415 g/mol. The van der Waals surface area contributed by atoms with Gasteiger partial charge in [-0.25, -0.2) is 14.6 Å². The molecule has 0 spiro atoms. The Morgan fingerprint density at radius 3 is 3.04 bits per heavy atom. The van der Waals surface area contributed by atoms with Crippen molar-refractivity contribution in [1.82, 2.24) is 29.6 Å². The summed E-state index contributed by atoms with van der Waals surface area (Å²) in [5.41, 5.74) is 4.06. The number of nitrogens with zero attached hydrogens (tertiary/aromatic N) is 5. The van der Waals surface area contributed by atoms with Gasteiger partial charge in [-0.05, 0) is 31.5 Å². The molecule has 2 aromatic heterocycles. The molecule has 0 unspecified atom stereocenters. The quantitative estimate of drug-likeness (QED) is 0.556. The third-order valence-corrected chi connectivity index (χ3v) is 4.96. The van der Waals surface area contributed by atoms with Crippen LogP contribution < -0.4 is 5.32 Å². The Morgan fingerprint density at radius 2 is 2.23 bits per heavy atom. The van der Waals surface area contributed by atoms with Crippen LogP contribution >= 0.6 is 15.9 Å². The van der Waals surface area contributed by atoms with Crippen LogP contribution in [0.1, 0.15) is 37.0 Å². The maximum atomic E-state index is 11.7. The van der Waals surface area contributed by atoms with Gasteiger partial charge in [-0.15, -0.1) is 0 Å². The molecule has 0 saturated heterocycles. The number of fused-ring (bicyclic) bond motifs is 5. The number of hydrogen-bond acceptors (Lipinski definition) is 4. The van der Waals surface area contributed by atoms with E-state index in [4.69, 9.17) is 4.98 Å². The molecule has 1 aliphatic rings. The highest BCUT2D eigenvalue weighted by atomic mass is 79.9. The molecule has 8 heteroatoms. The first-order valence-corrected chi connectivity index (χ1v) is 9.39. The molecule has 3 heterocycles. The summed E-state index contributed by atoms with van der Waals surface area (Å²) in [5, 5.41) is 7.51. The summed E-state index contributed by atoms with van der Waals surface area (Å²) < 4.78 is 4.96. The van der Waals surface area contributed by atoms with Gasteiger partial charge >= 0.3 is 0 Å². The van der Waals surface area contributed by atoms with Crippen molar-refractivity contribution in [1.29, 1.82) is 0 Å². The minimum atomic E-state index is 0.0227. The Morgan fingerprint density at radius 1 is 1.38 bits per heavy atom. The smallest absolute Gasteiger partial charge is 0.220 e. The summed E-state index contributed by atoms with van der Waals surface area (Å²) in [6.07, 6.45) is 3.18. The van der Waals surface area contributed by atoms with Crippen molar-refractivity contribution in [2.45, 2.75) is 39.8 Å². The molecule has 4 rings (SSSR count). The fourth-order valence-electron chi connectivity index (χ4n) is 3.17. The van der Waals surface area contributed by atoms with Crippen LogP contribution in [0.4, 0.5) is 0 Å². The second-order valence-electron chi connectivity index (χ2n) is 6.34. The minimum absolute atomic E-state index is 0.0227. The third-order valence-electron chi connectivity index (χ3n) is 4.47. The van der Waals surface area contributed by atoms with Gasteiger partial charge in [0.2, 0.25) is 5.91 Å². The first kappa shape index (κ1) is 17.0. The van der Waals surface area contributed by atoms with Crippen LogP contribution in [-0.2, 0) is 17.9 Å². The van der Waals surface area contributed by atoms with Gasteiger partial charge in [0.05, 0.1) is 36.5 Å². The Balaban J connectivity index is 1.76. The molecule has 1 aromatic carbocycles. The maximum absolute atomic E-state index is 11.7. The first-order valence-electron chi connectivity index (χ1n) is 8.60. The van der Waals surface area contributed by atoms with E-state index in [0.29, 0.717) is 25.3 Å². The van der Waals surface area contributed by atoms with E-state index in [9.17, 15) is 4.79 Å². The molecule has 0 radical (unpaired) electrons. The van der Waals surface area contributed by atoms with Crippen molar-refractivity contribution in [2.75, 3.05) is 0 Å². The summed E-state index contributed by atoms with van der Waals surface area (Å²) >= 11 is 3.55. The standard InChI is InChI=1S/C18H19BrN6O/c1-3-4-17(26)20-8-16-22-18-13-7-12(19)5-6-14(13)24-10-21-11(2)15(24)9-25(18)23-16/h5-7,10H,3-4,8-9H2,1-2H3,(H,20,26). The fraction of sp³-hybridized carbons (Fsp3) is 0.333. The molecular weight excluding hydrogens is 396 g/mol. The van der Waals surface area contributed by atoms with Crippen LogP contribution in [0, 0.1) is 6.92 Å². The van der Waals surface area contributed by atoms with Gasteiger partial charge in [-0.1, -0.05) is 22.9 Å². The zero-order chi connectivity index (χ0) is 18.3. The van der Waals surface area contributed by atoms with E-state index >= 15 is 0 Å². The van der Waals surface area contributed by atoms with Gasteiger partial charge in [0.25, 0.3) is 0 Å². The fourth-order valence-corrected chi connectivity index (χ4v) is 3.53. The monoisotopic (exact) mass is 414 g/mol. The Kier molecular flexibility index (Phi) is 4.36. The Bertz CT molecular complexity index is 990. The maximum Gasteiger partial charge on any atom is 0.220 e. The van der Waals surface area contributed by atoms with Gasteiger partial charge in [-0.2, -0.15) is 5.10 Å². The van der Waals surface area contributed by atoms with E-state index < -0.39 is 0 Å². The van der Waals surface area contributed by atoms with Crippen molar-refractivity contribution in [3.63, 3.8) is 0 Å². The Hall–Kier alpha value is -2.48. The minimum Gasteiger partial charge on any atom is -0.349 e. The third kappa shape index (κ3) is 2.94. The lowest BCUT2D eigenvalue weighted by Gasteiger charge is -2.08. The molecule has 1 amide bonds. The lowest BCUT2D eigenvalue weighted by atomic mass is 10.1. The number of aryl methyl sites for hydroxylation is 1. The van der Waals surface area contributed by atoms with E-state index in [0.717, 1.165) is 39.4 Å². The van der Waals surface area contributed by atoms with E-state index in [1.165, 1.54) is 0 Å². The molecule has 0 bridgehead atoms. The normalized spacial score (nSPS) is 12.1. The highest BCUT2D eigenvalue weighted by Crippen LogP contribution is 2.33. The highest BCUT2D eigenvalue weighted by molar-refractivity contribution is 9.10. The van der Waals surface area contributed by atoms with Gasteiger partial charge in [-0.3, -0.25) is 4.79 Å². The molecule has 1 N–H and O–H groups in total. The number of aromatic nitrogens is 5. The summed E-state index contributed by atoms with van der Waals surface area (Å²) in [6.45, 7) is 4.90. The lowest BCUT2D eigenvalue weighted by molar-refractivity contribution is -0.121. The molecule has 3 aromatic rings. The van der Waals surface area contributed by atoms with Crippen LogP contribution in [0.15, 0.2) is 29.0 Å². The number of carbonyl (C=O) groups excluding carboxylic acids is 1. The zero-order valence-electron chi connectivity index (χ0n) is 14.7. The average Bonchev–Trinajstić information content (AvgIpc) is 3.15. The molecule has 1 aliphatic heterocycles. The Labute approximate surface area is 159 Å². The number of benzene rings is 1. The SMILES string of the molecule is CCCC(=O)NCc1nc2n(n1)Cc1c(C)ncn1-c1ccc(Br)cc1-2. The molecule has 134 valence electrons. The van der Waals surface area contributed by atoms with E-state index in [1.54, 1.807) is 0 Å². The van der Waals surface area contributed by atoms with Crippen LogP contribution in [0.25, 0.3) is 17.1 Å². The number of amides is 1. The molecule has 0 aliphatic carbocycles. The zero-order valence-corrected chi connectivity index (χ0v) is 16.2. The second-order valence-corrected chi connectivity index (χ2v) is 7.26. The van der Waals surface area contributed by atoms with Crippen molar-refractivity contribution in [3.05, 3.63) is 46.2 Å². The van der Waals surface area contributed by atoms with Crippen LogP contribution in [0.5, 0.6) is 0 Å². The van der Waals surface area contributed by atoms with Crippen molar-refractivity contribution in [3.8, 4) is 17.1 Å². The number of halogens is 1. The van der Waals surface area contributed by atoms with Crippen molar-refractivity contribution < 1.29 is 4.79 Å². The predicted octanol–water partition coefficient (Wildman–Crippen LogP) is 2.98. The molecular formula is C18H19BrN6O. The van der Waals surface area contributed by atoms with Crippen LogP contribution in [0.2, 0.25) is 0 Å². The highest BCUT2D eigenvalue weighted by Gasteiger charge is 2.24. The van der Waals surface area contributed by atoms with Crippen LogP contribution in [0.3, 0.4) is 0 Å². The predicted molar refractivity (Wildman–Crippen MR) is 101 cm³/mol. The molecule has 26 heavy (non-hydrogen) atoms. The van der Waals surface area contributed by atoms with Crippen molar-refractivity contribution in [2.24, 2.45) is 0 Å². The molecule has 0 atom stereocenters. The number of rotatable bonds is 4. The summed E-state index contributed by atoms with van der Waals surface area (Å²) in [5.74, 6) is 1.43. The number of hydrogen-bond donors (Lipinski definition) is 1. The van der Waals surface area contributed by atoms with Crippen LogP contribution in [-0.4, -0.2) is 30.2 Å². The number of carbonyl (C=O) groups is 1. The topological polar surface area (TPSA) is 77.6 Å². The number of imidazole rings is 1. The number of nitrogens with one attached hydrogen (secondary N) is 1. The van der Waals surface area contributed by atoms with Gasteiger partial charge < -0.3 is 9.88 Å². The van der Waals surface area contributed by atoms with Gasteiger partial charge in [0.15, 0.2) is 11.6 Å². The van der Waals surface area contributed by atoms with Gasteiger partial charge in [0, 0.05) is 16.5 Å². The van der Waals surface area contributed by atoms with Crippen molar-refractivity contribution >= 4 is 21.8 Å². The molecule has 7 nitrogen and oxygen atoms in total. The van der Waals surface area contributed by atoms with E-state index in [-0.39, 0.29) is 5.91 Å². The van der Waals surface area contributed by atoms with E-state index in [1.807, 2.05) is 37.0 Å². The summed E-state index contributed by atoms with van der Waals surface area (Å²) in [4.78, 5) is 20.9. The molecule has 0 fully saturated rings.